The molecular formula is C73H74BN3. The summed E-state index contributed by atoms with van der Waals surface area (Å²) >= 11 is 0. The molecule has 0 radical (unpaired) electrons. The van der Waals surface area contributed by atoms with Crippen molar-refractivity contribution in [3.05, 3.63) is 227 Å². The second kappa shape index (κ2) is 17.7. The standard InChI is InChI=1S/C73H74BN3/c1-69(2,3)48-29-33-53(34-30-48)76-64-40-32-50(71(7,8)9)42-62(64)74-61-38-36-55(75(52-25-19-16-20-26-52)63-39-31-49(70(4,5)6)41-58(63)47-23-17-15-18-24-47)46-65(61)77(67-44-51(72(10,11)12)43-66(76)68(67)74)54-35-37-57-56-27-21-22-28-59(56)73(13,14)60(57)45-54/h15-46H,1-14H3/i15D,16D,17D,18D,19D,20D,23D,24D,25D,26D. The van der Waals surface area contributed by atoms with Crippen molar-refractivity contribution < 1.29 is 13.7 Å². The molecule has 0 spiro atoms. The Morgan fingerprint density at radius 1 is 0.416 bits per heavy atom. The minimum absolute atomic E-state index is 0.0688. The molecule has 384 valence electrons. The van der Waals surface area contributed by atoms with Crippen LogP contribution in [0.4, 0.5) is 51.2 Å². The molecule has 0 amide bonds. The molecule has 0 unspecified atom stereocenters. The van der Waals surface area contributed by atoms with Crippen LogP contribution in [-0.2, 0) is 27.1 Å². The second-order valence-corrected chi connectivity index (χ2v) is 26.0. The van der Waals surface area contributed by atoms with Gasteiger partial charge in [0.1, 0.15) is 0 Å². The minimum atomic E-state index is -0.562. The zero-order valence-electron chi connectivity index (χ0n) is 57.1. The SMILES string of the molecule is [2H]c1c([2H])c([2H])c(-c2cc(C(C)(C)C)ccc2N(c2ccc3c(c2)N(c2ccc4c(c2)C(C)(C)c2ccccc2-4)c2cc(C(C)(C)C)cc4c2B3c2cc(C(C)(C)C)ccc2N4c2ccc(C(C)(C)C)cc2)c2c([2H])c([2H])c([2H])c([2H])c2[2H])c([2H])c1[2H]. The fraction of sp³-hybridized carbons (Fsp3) is 0.260. The van der Waals surface area contributed by atoms with E-state index in [2.05, 4.69) is 195 Å². The van der Waals surface area contributed by atoms with Gasteiger partial charge in [-0.1, -0.05) is 212 Å². The number of hydrogen-bond acceptors (Lipinski definition) is 3. The minimum Gasteiger partial charge on any atom is -0.311 e. The van der Waals surface area contributed by atoms with Gasteiger partial charge < -0.3 is 14.7 Å². The van der Waals surface area contributed by atoms with Gasteiger partial charge in [0.2, 0.25) is 0 Å². The summed E-state index contributed by atoms with van der Waals surface area (Å²) in [5.74, 6) is 0. The van der Waals surface area contributed by atoms with Crippen LogP contribution in [0.2, 0.25) is 0 Å². The Kier molecular flexibility index (Phi) is 9.17. The summed E-state index contributed by atoms with van der Waals surface area (Å²) in [7, 11) is 0. The Hall–Kier alpha value is -7.56. The number of nitrogens with zero attached hydrogens (tertiary/aromatic N) is 3. The molecule has 0 N–H and O–H groups in total. The van der Waals surface area contributed by atoms with Crippen molar-refractivity contribution in [1.82, 2.24) is 0 Å². The van der Waals surface area contributed by atoms with Gasteiger partial charge in [0, 0.05) is 56.5 Å². The molecule has 4 heteroatoms. The van der Waals surface area contributed by atoms with Gasteiger partial charge in [-0.15, -0.1) is 0 Å². The highest BCUT2D eigenvalue weighted by atomic mass is 15.2. The summed E-state index contributed by atoms with van der Waals surface area (Å²) in [4.78, 5) is 6.45. The Morgan fingerprint density at radius 3 is 1.62 bits per heavy atom. The Balaban J connectivity index is 1.23. The predicted molar refractivity (Wildman–Crippen MR) is 333 cm³/mol. The van der Waals surface area contributed by atoms with Gasteiger partial charge in [-0.3, -0.25) is 0 Å². The molecule has 77 heavy (non-hydrogen) atoms. The molecule has 3 nitrogen and oxygen atoms in total. The monoisotopic (exact) mass is 1010 g/mol. The Morgan fingerprint density at radius 2 is 0.974 bits per heavy atom. The van der Waals surface area contributed by atoms with Gasteiger partial charge in [-0.2, -0.15) is 0 Å². The van der Waals surface area contributed by atoms with E-state index in [-0.39, 0.29) is 50.9 Å². The predicted octanol–water partition coefficient (Wildman–Crippen LogP) is 18.4. The maximum absolute atomic E-state index is 9.75. The number of rotatable bonds is 6. The maximum atomic E-state index is 9.75. The molecule has 0 fully saturated rings. The lowest BCUT2D eigenvalue weighted by molar-refractivity contribution is 0.589. The molecule has 3 aliphatic rings. The Bertz CT molecular complexity index is 4330. The smallest absolute Gasteiger partial charge is 0.252 e. The number of fused-ring (bicyclic) bond motifs is 7. The third-order valence-corrected chi connectivity index (χ3v) is 16.4. The summed E-state index contributed by atoms with van der Waals surface area (Å²) in [6.07, 6.45) is 0. The van der Waals surface area contributed by atoms with E-state index in [4.69, 9.17) is 5.48 Å². The maximum Gasteiger partial charge on any atom is 0.252 e. The van der Waals surface area contributed by atoms with E-state index in [0.29, 0.717) is 5.69 Å². The largest absolute Gasteiger partial charge is 0.311 e. The number of anilines is 9. The van der Waals surface area contributed by atoms with Crippen LogP contribution in [0.1, 0.15) is 144 Å². The van der Waals surface area contributed by atoms with Gasteiger partial charge in [-0.25, -0.2) is 0 Å². The van der Waals surface area contributed by atoms with Crippen LogP contribution in [-0.4, -0.2) is 6.71 Å². The molecule has 0 aromatic heterocycles. The quantitative estimate of drug-likeness (QED) is 0.154. The van der Waals surface area contributed by atoms with Gasteiger partial charge in [0.25, 0.3) is 6.71 Å². The van der Waals surface area contributed by atoms with Crippen LogP contribution in [0.5, 0.6) is 0 Å². The first kappa shape index (κ1) is 39.8. The molecule has 12 rings (SSSR count). The third-order valence-electron chi connectivity index (χ3n) is 16.4. The average molecular weight is 1010 g/mol. The van der Waals surface area contributed by atoms with Crippen molar-refractivity contribution in [2.24, 2.45) is 0 Å². The number of hydrogen-bond donors (Lipinski definition) is 0. The van der Waals surface area contributed by atoms with E-state index in [9.17, 15) is 8.22 Å². The van der Waals surface area contributed by atoms with E-state index in [0.717, 1.165) is 67.2 Å². The second-order valence-electron chi connectivity index (χ2n) is 26.0. The van der Waals surface area contributed by atoms with E-state index < -0.39 is 65.8 Å². The summed E-state index contributed by atoms with van der Waals surface area (Å²) in [5, 5.41) is 0. The van der Waals surface area contributed by atoms with Gasteiger partial charge in [0.15, 0.2) is 0 Å². The first-order chi connectivity index (χ1) is 40.6. The van der Waals surface area contributed by atoms with E-state index >= 15 is 0 Å². The normalized spacial score (nSPS) is 16.2. The van der Waals surface area contributed by atoms with Crippen LogP contribution in [0, 0.1) is 0 Å². The fourth-order valence-corrected chi connectivity index (χ4v) is 12.0. The third kappa shape index (κ3) is 8.42. The molecule has 0 saturated heterocycles. The molecule has 1 aliphatic carbocycles. The lowest BCUT2D eigenvalue weighted by Gasteiger charge is -2.46. The summed E-state index contributed by atoms with van der Waals surface area (Å²) in [6.45, 7) is 30.5. The first-order valence-electron chi connectivity index (χ1n) is 32.1. The van der Waals surface area contributed by atoms with E-state index in [1.165, 1.54) is 27.8 Å². The molecule has 2 aliphatic heterocycles. The van der Waals surface area contributed by atoms with Crippen molar-refractivity contribution in [2.75, 3.05) is 14.7 Å². The Labute approximate surface area is 474 Å². The number of benzene rings is 9. The average Bonchev–Trinajstić information content (AvgIpc) is 0.744. The first-order valence-corrected chi connectivity index (χ1v) is 27.1. The highest BCUT2D eigenvalue weighted by Crippen LogP contribution is 2.53. The van der Waals surface area contributed by atoms with Crippen LogP contribution < -0.4 is 31.1 Å². The van der Waals surface area contributed by atoms with E-state index in [1.807, 2.05) is 39.0 Å². The fourth-order valence-electron chi connectivity index (χ4n) is 12.0. The van der Waals surface area contributed by atoms with Crippen molar-refractivity contribution in [2.45, 2.75) is 124 Å². The van der Waals surface area contributed by atoms with Crippen molar-refractivity contribution in [3.8, 4) is 22.3 Å². The van der Waals surface area contributed by atoms with Crippen molar-refractivity contribution in [1.29, 1.82) is 0 Å². The van der Waals surface area contributed by atoms with Crippen LogP contribution in [0.15, 0.2) is 194 Å². The molecular weight excluding hydrogens is 930 g/mol. The van der Waals surface area contributed by atoms with Crippen LogP contribution in [0.3, 0.4) is 0 Å². The zero-order valence-corrected chi connectivity index (χ0v) is 47.1. The highest BCUT2D eigenvalue weighted by molar-refractivity contribution is 7.00. The van der Waals surface area contributed by atoms with Crippen molar-refractivity contribution >= 4 is 74.3 Å². The van der Waals surface area contributed by atoms with Gasteiger partial charge in [0.05, 0.1) is 19.4 Å². The molecule has 0 bridgehead atoms. The van der Waals surface area contributed by atoms with Crippen LogP contribution >= 0.6 is 0 Å². The molecule has 2 heterocycles. The van der Waals surface area contributed by atoms with Crippen molar-refractivity contribution in [3.63, 3.8) is 0 Å². The topological polar surface area (TPSA) is 9.72 Å². The van der Waals surface area contributed by atoms with Gasteiger partial charge >= 0.3 is 0 Å². The highest BCUT2D eigenvalue weighted by Gasteiger charge is 2.46. The number of para-hydroxylation sites is 1. The van der Waals surface area contributed by atoms with E-state index in [1.54, 1.807) is 11.0 Å². The molecule has 0 atom stereocenters. The summed E-state index contributed by atoms with van der Waals surface area (Å²) in [6, 6.07) is 42.6. The molecule has 9 aromatic carbocycles. The summed E-state index contributed by atoms with van der Waals surface area (Å²) < 4.78 is 92.1. The van der Waals surface area contributed by atoms with Gasteiger partial charge in [-0.05, 0) is 167 Å². The molecule has 0 saturated carbocycles. The van der Waals surface area contributed by atoms with Crippen LogP contribution in [0.25, 0.3) is 22.3 Å². The lowest BCUT2D eigenvalue weighted by atomic mass is 9.33. The summed E-state index contributed by atoms with van der Waals surface area (Å²) in [5.41, 5.74) is 17.2. The zero-order chi connectivity index (χ0) is 62.8. The molecule has 9 aromatic rings. The lowest BCUT2D eigenvalue weighted by Crippen LogP contribution is -2.61.